The van der Waals surface area contributed by atoms with Gasteiger partial charge in [0.1, 0.15) is 0 Å². The largest absolute Gasteiger partial charge is 0.481 e. The quantitative estimate of drug-likeness (QED) is 0.674. The van der Waals surface area contributed by atoms with E-state index in [1.807, 2.05) is 0 Å². The molecule has 0 aliphatic heterocycles. The van der Waals surface area contributed by atoms with E-state index >= 15 is 0 Å². The summed E-state index contributed by atoms with van der Waals surface area (Å²) in [6.07, 6.45) is -0.328. The van der Waals surface area contributed by atoms with E-state index in [9.17, 15) is 13.6 Å². The Labute approximate surface area is 89.6 Å². The standard InChI is InChI=1S/C9H10F2N2O3/c10-9(11)16-5-2-1-4(3-6(14)15)7(12)8(5)13/h1-2,9H,3,12-13H2,(H,14,15). The van der Waals surface area contributed by atoms with Crippen LogP contribution in [0, 0.1) is 0 Å². The molecule has 1 aromatic rings. The summed E-state index contributed by atoms with van der Waals surface area (Å²) in [6.45, 7) is -3.01. The molecule has 1 aromatic carbocycles. The number of hydrogen-bond donors (Lipinski definition) is 3. The Hall–Kier alpha value is -2.05. The zero-order chi connectivity index (χ0) is 12.3. The lowest BCUT2D eigenvalue weighted by molar-refractivity contribution is -0.136. The third-order valence-electron chi connectivity index (χ3n) is 1.90. The minimum atomic E-state index is -3.01. The molecule has 0 unspecified atom stereocenters. The fourth-order valence-corrected chi connectivity index (χ4v) is 1.18. The molecule has 0 aromatic heterocycles. The van der Waals surface area contributed by atoms with Crippen LogP contribution in [0.25, 0.3) is 0 Å². The van der Waals surface area contributed by atoms with Gasteiger partial charge >= 0.3 is 12.6 Å². The highest BCUT2D eigenvalue weighted by Gasteiger charge is 2.14. The number of alkyl halides is 2. The van der Waals surface area contributed by atoms with Gasteiger partial charge in [-0.1, -0.05) is 6.07 Å². The van der Waals surface area contributed by atoms with E-state index in [0.717, 1.165) is 6.07 Å². The third-order valence-corrected chi connectivity index (χ3v) is 1.90. The summed E-state index contributed by atoms with van der Waals surface area (Å²) in [5, 5.41) is 8.55. The maximum Gasteiger partial charge on any atom is 0.387 e. The maximum atomic E-state index is 11.9. The van der Waals surface area contributed by atoms with Crippen LogP contribution >= 0.6 is 0 Å². The zero-order valence-electron chi connectivity index (χ0n) is 8.11. The first-order chi connectivity index (χ1) is 7.41. The second-order valence-electron chi connectivity index (χ2n) is 3.00. The first-order valence-corrected chi connectivity index (χ1v) is 4.25. The van der Waals surface area contributed by atoms with Crippen LogP contribution in [0.3, 0.4) is 0 Å². The van der Waals surface area contributed by atoms with Gasteiger partial charge in [-0.15, -0.1) is 0 Å². The van der Waals surface area contributed by atoms with Crippen molar-refractivity contribution in [3.8, 4) is 5.75 Å². The van der Waals surface area contributed by atoms with Crippen molar-refractivity contribution in [2.75, 3.05) is 11.5 Å². The number of aliphatic carboxylic acids is 1. The van der Waals surface area contributed by atoms with Crippen molar-refractivity contribution >= 4 is 17.3 Å². The summed E-state index contributed by atoms with van der Waals surface area (Å²) in [5.41, 5.74) is 10.9. The molecular formula is C9H10F2N2O3. The monoisotopic (exact) mass is 232 g/mol. The summed E-state index contributed by atoms with van der Waals surface area (Å²) >= 11 is 0. The van der Waals surface area contributed by atoms with Crippen molar-refractivity contribution in [1.29, 1.82) is 0 Å². The summed E-state index contributed by atoms with van der Waals surface area (Å²) in [7, 11) is 0. The van der Waals surface area contributed by atoms with Crippen LogP contribution < -0.4 is 16.2 Å². The number of carbonyl (C=O) groups is 1. The number of rotatable bonds is 4. The SMILES string of the molecule is Nc1c(CC(=O)O)ccc(OC(F)F)c1N. The molecule has 0 aliphatic rings. The van der Waals surface area contributed by atoms with E-state index in [0.29, 0.717) is 0 Å². The normalized spacial score (nSPS) is 10.4. The summed E-state index contributed by atoms with van der Waals surface area (Å²) in [5.74, 6) is -1.35. The average molecular weight is 232 g/mol. The van der Waals surface area contributed by atoms with Crippen LogP contribution in [-0.2, 0) is 11.2 Å². The Morgan fingerprint density at radius 3 is 2.50 bits per heavy atom. The number of carboxylic acid groups (broad SMARTS) is 1. The van der Waals surface area contributed by atoms with Crippen LogP contribution in [-0.4, -0.2) is 17.7 Å². The number of anilines is 2. The molecule has 1 rings (SSSR count). The van der Waals surface area contributed by atoms with E-state index in [4.69, 9.17) is 16.6 Å². The van der Waals surface area contributed by atoms with E-state index in [1.165, 1.54) is 6.07 Å². The van der Waals surface area contributed by atoms with Crippen LogP contribution in [0.1, 0.15) is 5.56 Å². The lowest BCUT2D eigenvalue weighted by atomic mass is 10.1. The second-order valence-corrected chi connectivity index (χ2v) is 3.00. The minimum absolute atomic E-state index is 0.0550. The smallest absolute Gasteiger partial charge is 0.387 e. The lowest BCUT2D eigenvalue weighted by Gasteiger charge is -2.12. The Morgan fingerprint density at radius 2 is 2.00 bits per heavy atom. The Kier molecular flexibility index (Phi) is 3.49. The third kappa shape index (κ3) is 2.72. The molecule has 0 spiro atoms. The van der Waals surface area contributed by atoms with E-state index in [-0.39, 0.29) is 29.1 Å². The van der Waals surface area contributed by atoms with Crippen LogP contribution in [0.15, 0.2) is 12.1 Å². The molecule has 88 valence electrons. The average Bonchev–Trinajstić information content (AvgIpc) is 2.16. The van der Waals surface area contributed by atoms with E-state index in [2.05, 4.69) is 4.74 Å². The molecule has 0 radical (unpaired) electrons. The number of halogens is 2. The number of hydrogen-bond acceptors (Lipinski definition) is 4. The van der Waals surface area contributed by atoms with E-state index in [1.54, 1.807) is 0 Å². The van der Waals surface area contributed by atoms with Crippen LogP contribution in [0.5, 0.6) is 5.75 Å². The van der Waals surface area contributed by atoms with Crippen molar-refractivity contribution in [2.45, 2.75) is 13.0 Å². The maximum absolute atomic E-state index is 11.9. The molecule has 5 nitrogen and oxygen atoms in total. The van der Waals surface area contributed by atoms with Crippen molar-refractivity contribution in [1.82, 2.24) is 0 Å². The van der Waals surface area contributed by atoms with Crippen molar-refractivity contribution in [3.05, 3.63) is 17.7 Å². The number of nitrogens with two attached hydrogens (primary N) is 2. The molecule has 0 fully saturated rings. The van der Waals surface area contributed by atoms with Gasteiger partial charge in [0.2, 0.25) is 0 Å². The number of ether oxygens (including phenoxy) is 1. The predicted octanol–water partition coefficient (Wildman–Crippen LogP) is 1.08. The van der Waals surface area contributed by atoms with Crippen LogP contribution in [0.4, 0.5) is 20.2 Å². The first kappa shape index (κ1) is 12.0. The fraction of sp³-hybridized carbons (Fsp3) is 0.222. The number of nitrogen functional groups attached to an aromatic ring is 2. The Bertz CT molecular complexity index is 410. The van der Waals surface area contributed by atoms with Gasteiger partial charge in [-0.3, -0.25) is 4.79 Å². The van der Waals surface area contributed by atoms with Gasteiger partial charge in [-0.05, 0) is 11.6 Å². The topological polar surface area (TPSA) is 98.6 Å². The first-order valence-electron chi connectivity index (χ1n) is 4.25. The minimum Gasteiger partial charge on any atom is -0.481 e. The second kappa shape index (κ2) is 4.65. The summed E-state index contributed by atoms with van der Waals surface area (Å²) in [4.78, 5) is 10.4. The van der Waals surface area contributed by atoms with Crippen molar-refractivity contribution in [3.63, 3.8) is 0 Å². The van der Waals surface area contributed by atoms with E-state index < -0.39 is 12.6 Å². The Morgan fingerprint density at radius 1 is 1.38 bits per heavy atom. The van der Waals surface area contributed by atoms with Crippen molar-refractivity contribution < 1.29 is 23.4 Å². The molecule has 0 bridgehead atoms. The van der Waals surface area contributed by atoms with Gasteiger partial charge in [0, 0.05) is 0 Å². The summed E-state index contributed by atoms with van der Waals surface area (Å²) in [6, 6.07) is 2.45. The van der Waals surface area contributed by atoms with Crippen molar-refractivity contribution in [2.24, 2.45) is 0 Å². The molecule has 0 saturated heterocycles. The van der Waals surface area contributed by atoms with Gasteiger partial charge in [0.25, 0.3) is 0 Å². The van der Waals surface area contributed by atoms with Crippen LogP contribution in [0.2, 0.25) is 0 Å². The Balaban J connectivity index is 3.03. The molecule has 5 N–H and O–H groups in total. The fourth-order valence-electron chi connectivity index (χ4n) is 1.18. The van der Waals surface area contributed by atoms with Gasteiger partial charge < -0.3 is 21.3 Å². The molecular weight excluding hydrogens is 222 g/mol. The predicted molar refractivity (Wildman–Crippen MR) is 53.2 cm³/mol. The van der Waals surface area contributed by atoms with Gasteiger partial charge in [-0.25, -0.2) is 0 Å². The zero-order valence-corrected chi connectivity index (χ0v) is 8.11. The molecule has 0 atom stereocenters. The molecule has 7 heteroatoms. The lowest BCUT2D eigenvalue weighted by Crippen LogP contribution is -2.09. The highest BCUT2D eigenvalue weighted by atomic mass is 19.3. The van der Waals surface area contributed by atoms with Gasteiger partial charge in [0.15, 0.2) is 5.75 Å². The molecule has 0 amide bonds. The molecule has 0 saturated carbocycles. The molecule has 0 aliphatic carbocycles. The number of benzene rings is 1. The highest BCUT2D eigenvalue weighted by molar-refractivity contribution is 5.79. The number of carboxylic acids is 1. The molecule has 16 heavy (non-hydrogen) atoms. The molecule has 0 heterocycles. The van der Waals surface area contributed by atoms with Gasteiger partial charge in [-0.2, -0.15) is 8.78 Å². The highest BCUT2D eigenvalue weighted by Crippen LogP contribution is 2.31. The summed E-state index contributed by atoms with van der Waals surface area (Å²) < 4.78 is 28.0. The van der Waals surface area contributed by atoms with Gasteiger partial charge in [0.05, 0.1) is 17.8 Å².